The van der Waals surface area contributed by atoms with E-state index in [9.17, 15) is 14.7 Å². The molecule has 188 valence electrons. The highest BCUT2D eigenvalue weighted by atomic mass is 16.3. The minimum atomic E-state index is -0.925. The molecule has 1 saturated heterocycles. The number of hydrogen-bond acceptors (Lipinski definition) is 6. The molecular weight excluding hydrogens is 442 g/mol. The first-order valence-corrected chi connectivity index (χ1v) is 12.6. The van der Waals surface area contributed by atoms with Crippen LogP contribution in [0.25, 0.3) is 0 Å². The maximum atomic E-state index is 13.9. The third kappa shape index (κ3) is 6.05. The Morgan fingerprint density at radius 2 is 1.74 bits per heavy atom. The molecule has 8 nitrogen and oxygen atoms in total. The van der Waals surface area contributed by atoms with Gasteiger partial charge in [0.2, 0.25) is 11.8 Å². The van der Waals surface area contributed by atoms with E-state index >= 15 is 0 Å². The summed E-state index contributed by atoms with van der Waals surface area (Å²) in [4.78, 5) is 37.6. The summed E-state index contributed by atoms with van der Waals surface area (Å²) in [5.41, 5.74) is 2.26. The molecular formula is C27H37N5O3. The van der Waals surface area contributed by atoms with Crippen LogP contribution in [0.2, 0.25) is 0 Å². The number of carbonyl (C=O) groups is 2. The fraction of sp³-hybridized carbons (Fsp3) is 0.556. The monoisotopic (exact) mass is 479 g/mol. The van der Waals surface area contributed by atoms with Gasteiger partial charge in [-0.25, -0.2) is 9.97 Å². The molecule has 1 aromatic carbocycles. The van der Waals surface area contributed by atoms with Crippen LogP contribution < -0.4 is 15.5 Å². The summed E-state index contributed by atoms with van der Waals surface area (Å²) in [6, 6.07) is 6.39. The number of aromatic nitrogens is 2. The first-order chi connectivity index (χ1) is 16.7. The number of anilines is 1. The van der Waals surface area contributed by atoms with Crippen molar-refractivity contribution in [3.63, 3.8) is 0 Å². The van der Waals surface area contributed by atoms with Crippen molar-refractivity contribution >= 4 is 17.5 Å². The lowest BCUT2D eigenvalue weighted by Crippen LogP contribution is -2.51. The van der Waals surface area contributed by atoms with Crippen LogP contribution in [-0.4, -0.2) is 51.6 Å². The lowest BCUT2D eigenvalue weighted by atomic mass is 9.87. The van der Waals surface area contributed by atoms with Crippen LogP contribution >= 0.6 is 0 Å². The Hall–Kier alpha value is -2.84. The minimum absolute atomic E-state index is 0.0461. The summed E-state index contributed by atoms with van der Waals surface area (Å²) in [6.07, 6.45) is 9.55. The molecule has 3 atom stereocenters. The van der Waals surface area contributed by atoms with Crippen molar-refractivity contribution in [1.29, 1.82) is 0 Å². The Morgan fingerprint density at radius 1 is 1.09 bits per heavy atom. The van der Waals surface area contributed by atoms with Gasteiger partial charge in [-0.2, -0.15) is 0 Å². The molecule has 1 saturated carbocycles. The number of nitrogens with zero attached hydrogens (tertiary/aromatic N) is 3. The van der Waals surface area contributed by atoms with Gasteiger partial charge >= 0.3 is 0 Å². The summed E-state index contributed by atoms with van der Waals surface area (Å²) in [7, 11) is 0. The smallest absolute Gasteiger partial charge is 0.248 e. The predicted octanol–water partition coefficient (Wildman–Crippen LogP) is 3.02. The minimum Gasteiger partial charge on any atom is -0.392 e. The fourth-order valence-electron chi connectivity index (χ4n) is 5.00. The van der Waals surface area contributed by atoms with E-state index in [0.29, 0.717) is 24.2 Å². The molecule has 35 heavy (non-hydrogen) atoms. The van der Waals surface area contributed by atoms with E-state index in [4.69, 9.17) is 0 Å². The molecule has 0 bridgehead atoms. The molecule has 1 aliphatic heterocycles. The lowest BCUT2D eigenvalue weighted by molar-refractivity contribution is -0.128. The molecule has 8 heteroatoms. The molecule has 3 unspecified atom stereocenters. The zero-order valence-electron chi connectivity index (χ0n) is 20.9. The Bertz CT molecular complexity index is 1000. The number of hydrogen-bond donors (Lipinski definition) is 3. The van der Waals surface area contributed by atoms with Gasteiger partial charge in [0.05, 0.1) is 12.1 Å². The standard InChI is InChI=1S/C27H37N5O3/c1-27(2,3)19-9-11-21(12-10-19)32(26(35)23-13-22(33)16-30-23)24(18-14-28-17-29-15-18)25(34)31-20-7-5-4-6-8-20/h9-12,14-15,17,20,22-24,30,33H,4-8,13,16H2,1-3H3,(H,31,34). The highest BCUT2D eigenvalue weighted by Gasteiger charge is 2.39. The van der Waals surface area contributed by atoms with Crippen LogP contribution in [0.15, 0.2) is 43.0 Å². The van der Waals surface area contributed by atoms with E-state index in [1.807, 2.05) is 24.3 Å². The van der Waals surface area contributed by atoms with E-state index in [2.05, 4.69) is 41.4 Å². The summed E-state index contributed by atoms with van der Waals surface area (Å²) >= 11 is 0. The zero-order valence-corrected chi connectivity index (χ0v) is 20.9. The predicted molar refractivity (Wildman–Crippen MR) is 135 cm³/mol. The van der Waals surface area contributed by atoms with Gasteiger partial charge < -0.3 is 15.7 Å². The van der Waals surface area contributed by atoms with Crippen molar-refractivity contribution in [3.05, 3.63) is 54.1 Å². The lowest BCUT2D eigenvalue weighted by Gasteiger charge is -2.35. The van der Waals surface area contributed by atoms with Gasteiger partial charge in [-0.3, -0.25) is 14.5 Å². The van der Waals surface area contributed by atoms with E-state index < -0.39 is 18.2 Å². The van der Waals surface area contributed by atoms with Gasteiger partial charge in [0.1, 0.15) is 12.4 Å². The van der Waals surface area contributed by atoms with Gasteiger partial charge in [0.25, 0.3) is 0 Å². The van der Waals surface area contributed by atoms with Gasteiger partial charge in [0.15, 0.2) is 0 Å². The first-order valence-electron chi connectivity index (χ1n) is 12.6. The molecule has 3 N–H and O–H groups in total. The van der Waals surface area contributed by atoms with E-state index in [1.165, 1.54) is 12.7 Å². The van der Waals surface area contributed by atoms with Crippen molar-refractivity contribution in [2.24, 2.45) is 0 Å². The molecule has 2 heterocycles. The van der Waals surface area contributed by atoms with Crippen LogP contribution in [0, 0.1) is 0 Å². The fourth-order valence-corrected chi connectivity index (χ4v) is 5.00. The summed E-state index contributed by atoms with van der Waals surface area (Å²) < 4.78 is 0. The van der Waals surface area contributed by atoms with Gasteiger partial charge in [-0.15, -0.1) is 0 Å². The van der Waals surface area contributed by atoms with Crippen LogP contribution in [0.1, 0.15) is 76.5 Å². The quantitative estimate of drug-likeness (QED) is 0.588. The Morgan fingerprint density at radius 3 is 2.31 bits per heavy atom. The van der Waals surface area contributed by atoms with Crippen molar-refractivity contribution in [2.75, 3.05) is 11.4 Å². The maximum Gasteiger partial charge on any atom is 0.248 e. The molecule has 0 radical (unpaired) electrons. The Balaban J connectivity index is 1.74. The summed E-state index contributed by atoms with van der Waals surface area (Å²) in [5, 5.41) is 16.4. The molecule has 1 aromatic heterocycles. The van der Waals surface area contributed by atoms with Gasteiger partial charge in [0, 0.05) is 36.2 Å². The van der Waals surface area contributed by atoms with Crippen molar-refractivity contribution < 1.29 is 14.7 Å². The second-order valence-corrected chi connectivity index (χ2v) is 10.8. The van der Waals surface area contributed by atoms with Gasteiger partial charge in [-0.05, 0) is 42.4 Å². The third-order valence-electron chi connectivity index (χ3n) is 7.01. The number of rotatable bonds is 6. The van der Waals surface area contributed by atoms with Crippen LogP contribution in [0.3, 0.4) is 0 Å². The highest BCUT2D eigenvalue weighted by Crippen LogP contribution is 2.32. The molecule has 2 amide bonds. The molecule has 0 spiro atoms. The van der Waals surface area contributed by atoms with Crippen LogP contribution in [-0.2, 0) is 15.0 Å². The number of aliphatic hydroxyl groups is 1. The number of amides is 2. The number of nitrogens with one attached hydrogen (secondary N) is 2. The molecule has 2 fully saturated rings. The molecule has 2 aromatic rings. The van der Waals surface area contributed by atoms with Gasteiger partial charge in [-0.1, -0.05) is 52.2 Å². The second-order valence-electron chi connectivity index (χ2n) is 10.8. The maximum absolute atomic E-state index is 13.9. The van der Waals surface area contributed by atoms with E-state index in [-0.39, 0.29) is 23.3 Å². The second kappa shape index (κ2) is 10.8. The molecule has 2 aliphatic rings. The largest absolute Gasteiger partial charge is 0.392 e. The number of β-amino-alcohol motifs (C(OH)–C–C–N with tert-alkyl or cyclic N) is 1. The molecule has 1 aliphatic carbocycles. The average Bonchev–Trinajstić information content (AvgIpc) is 3.29. The van der Waals surface area contributed by atoms with Crippen molar-refractivity contribution in [2.45, 2.75) is 88.9 Å². The Kier molecular flexibility index (Phi) is 7.82. The number of benzene rings is 1. The number of aliphatic hydroxyl groups excluding tert-OH is 1. The van der Waals surface area contributed by atoms with E-state index in [0.717, 1.165) is 31.2 Å². The third-order valence-corrected chi connectivity index (χ3v) is 7.01. The van der Waals surface area contributed by atoms with Crippen LogP contribution in [0.5, 0.6) is 0 Å². The average molecular weight is 480 g/mol. The first kappa shape index (κ1) is 25.3. The normalized spacial score (nSPS) is 21.9. The summed E-state index contributed by atoms with van der Waals surface area (Å²) in [6.45, 7) is 6.75. The Labute approximate surface area is 207 Å². The number of carbonyl (C=O) groups excluding carboxylic acids is 2. The van der Waals surface area contributed by atoms with Crippen LogP contribution in [0.4, 0.5) is 5.69 Å². The van der Waals surface area contributed by atoms with Crippen molar-refractivity contribution in [3.8, 4) is 0 Å². The zero-order chi connectivity index (χ0) is 25.0. The summed E-state index contributed by atoms with van der Waals surface area (Å²) in [5.74, 6) is -0.490. The van der Waals surface area contributed by atoms with E-state index in [1.54, 1.807) is 17.3 Å². The topological polar surface area (TPSA) is 107 Å². The molecule has 4 rings (SSSR count). The highest BCUT2D eigenvalue weighted by molar-refractivity contribution is 6.04. The van der Waals surface area contributed by atoms with Crippen molar-refractivity contribution in [1.82, 2.24) is 20.6 Å². The SMILES string of the molecule is CC(C)(C)c1ccc(N(C(=O)C2CC(O)CN2)C(C(=O)NC2CCCCC2)c2cncnc2)cc1.